The van der Waals surface area contributed by atoms with Crippen molar-refractivity contribution >= 4 is 81.4 Å². The fraction of sp³-hybridized carbons (Fsp3) is 0.646. The van der Waals surface area contributed by atoms with Crippen LogP contribution < -0.4 is 9.47 Å². The van der Waals surface area contributed by atoms with Gasteiger partial charge in [0.1, 0.15) is 16.4 Å². The van der Waals surface area contributed by atoms with Gasteiger partial charge in [0.15, 0.2) is 11.6 Å². The van der Waals surface area contributed by atoms with Crippen LogP contribution in [0.25, 0.3) is 40.0 Å². The van der Waals surface area contributed by atoms with Gasteiger partial charge in [-0.2, -0.15) is 0 Å². The summed E-state index contributed by atoms with van der Waals surface area (Å²) in [4.78, 5) is 18.3. The highest BCUT2D eigenvalue weighted by molar-refractivity contribution is 7.31. The predicted molar refractivity (Wildman–Crippen MR) is 249 cm³/mol. The molecule has 0 N–H and O–H groups in total. The van der Waals surface area contributed by atoms with Gasteiger partial charge < -0.3 is 9.47 Å². The molecule has 0 spiro atoms. The van der Waals surface area contributed by atoms with Crippen LogP contribution in [0.3, 0.4) is 0 Å². The molecule has 4 heterocycles. The second kappa shape index (κ2) is 19.8. The summed E-state index contributed by atoms with van der Waals surface area (Å²) in [5.41, 5.74) is -0.299. The Labute approximate surface area is 353 Å². The van der Waals surface area contributed by atoms with E-state index in [-0.39, 0.29) is 22.4 Å². The molecule has 4 aromatic heterocycles. The number of carbonyl (C=O) groups excluding carboxylic acids is 1. The average Bonchev–Trinajstić information content (AvgIpc) is 3.94. The fourth-order valence-electron chi connectivity index (χ4n) is 7.51. The first-order valence-corrected chi connectivity index (χ1v) is 25.0. The van der Waals surface area contributed by atoms with E-state index in [2.05, 4.69) is 88.3 Å². The lowest BCUT2D eigenvalue weighted by Crippen LogP contribution is -2.12. The van der Waals surface area contributed by atoms with Crippen molar-refractivity contribution < 1.29 is 18.7 Å². The number of carbonyl (C=O) groups is 1. The summed E-state index contributed by atoms with van der Waals surface area (Å²) < 4.78 is 33.8. The van der Waals surface area contributed by atoms with E-state index in [0.717, 1.165) is 102 Å². The van der Waals surface area contributed by atoms with Crippen molar-refractivity contribution in [2.24, 2.45) is 11.8 Å². The summed E-state index contributed by atoms with van der Waals surface area (Å²) in [6, 6.07) is 4.66. The van der Waals surface area contributed by atoms with Crippen molar-refractivity contribution in [3.63, 3.8) is 0 Å². The van der Waals surface area contributed by atoms with Gasteiger partial charge >= 0.3 is 0 Å². The van der Waals surface area contributed by atoms with E-state index < -0.39 is 0 Å². The Bertz CT molecular complexity index is 1970. The number of ketones is 1. The third-order valence-electron chi connectivity index (χ3n) is 11.3. The van der Waals surface area contributed by atoms with E-state index in [1.54, 1.807) is 22.7 Å². The molecule has 0 amide bonds. The Kier molecular flexibility index (Phi) is 16.0. The lowest BCUT2D eigenvalue weighted by molar-refractivity contribution is 0.0979. The normalized spacial score (nSPS) is 13.7. The molecule has 2 unspecified atom stereocenters. The van der Waals surface area contributed by atoms with Crippen LogP contribution in [-0.4, -0.2) is 19.0 Å². The summed E-state index contributed by atoms with van der Waals surface area (Å²) in [6.07, 6.45) is 15.0. The highest BCUT2D eigenvalue weighted by atomic mass is 32.1. The second-order valence-electron chi connectivity index (χ2n) is 18.1. The molecule has 0 radical (unpaired) electrons. The van der Waals surface area contributed by atoms with Crippen molar-refractivity contribution in [3.05, 3.63) is 32.6 Å². The molecule has 3 nitrogen and oxygen atoms in total. The van der Waals surface area contributed by atoms with E-state index in [1.165, 1.54) is 48.3 Å². The number of hydrogen-bond acceptors (Lipinski definition) is 7. The SMILES string of the molecule is CCCCCCCC(=O)c1sc2c(-c3cc4c(OCC(CC)CCCC)c5sc(C(C)(C)C)cc5c(OCC(CC)CCCC)c4s3)sc(C(C)(C)C)c2c1F. The third kappa shape index (κ3) is 10.2. The number of ether oxygens (including phenoxy) is 2. The van der Waals surface area contributed by atoms with E-state index in [0.29, 0.717) is 41.7 Å². The zero-order valence-corrected chi connectivity index (χ0v) is 39.6. The molecule has 0 fully saturated rings. The van der Waals surface area contributed by atoms with Gasteiger partial charge in [0.25, 0.3) is 0 Å². The molecular formula is C48H69FO3S4. The van der Waals surface area contributed by atoms with Gasteiger partial charge in [-0.3, -0.25) is 4.79 Å². The molecule has 310 valence electrons. The van der Waals surface area contributed by atoms with Crippen LogP contribution in [0.4, 0.5) is 4.39 Å². The minimum absolute atomic E-state index is 0.0171. The van der Waals surface area contributed by atoms with Crippen molar-refractivity contribution in [2.45, 2.75) is 177 Å². The molecule has 0 saturated heterocycles. The summed E-state index contributed by atoms with van der Waals surface area (Å²) in [5.74, 6) is 2.51. The first kappa shape index (κ1) is 45.1. The summed E-state index contributed by atoms with van der Waals surface area (Å²) in [6.45, 7) is 26.0. The van der Waals surface area contributed by atoms with Crippen molar-refractivity contribution in [1.29, 1.82) is 0 Å². The molecule has 0 aliphatic heterocycles. The van der Waals surface area contributed by atoms with Crippen LogP contribution in [0, 0.1) is 17.7 Å². The number of halogens is 1. The van der Waals surface area contributed by atoms with Crippen LogP contribution in [-0.2, 0) is 10.8 Å². The molecular weight excluding hydrogens is 772 g/mol. The molecule has 8 heteroatoms. The number of thiophene rings is 4. The summed E-state index contributed by atoms with van der Waals surface area (Å²) >= 11 is 6.65. The Hall–Kier alpha value is -2.00. The summed E-state index contributed by atoms with van der Waals surface area (Å²) in [7, 11) is 0. The number of unbranched alkanes of at least 4 members (excludes halogenated alkanes) is 6. The van der Waals surface area contributed by atoms with Gasteiger partial charge in [-0.05, 0) is 54.1 Å². The Morgan fingerprint density at radius 3 is 1.75 bits per heavy atom. The fourth-order valence-corrected chi connectivity index (χ4v) is 12.7. The molecule has 5 aromatic rings. The van der Waals surface area contributed by atoms with Gasteiger partial charge in [-0.1, -0.05) is 140 Å². The Morgan fingerprint density at radius 2 is 1.21 bits per heavy atom. The molecule has 0 aliphatic rings. The van der Waals surface area contributed by atoms with Crippen LogP contribution in [0.1, 0.15) is 185 Å². The molecule has 0 aliphatic carbocycles. The highest BCUT2D eigenvalue weighted by Crippen LogP contribution is 2.56. The van der Waals surface area contributed by atoms with Crippen LogP contribution in [0.2, 0.25) is 0 Å². The topological polar surface area (TPSA) is 35.5 Å². The lowest BCUT2D eigenvalue weighted by atomic mass is 9.92. The van der Waals surface area contributed by atoms with Gasteiger partial charge in [-0.15, -0.1) is 45.3 Å². The molecule has 0 saturated carbocycles. The highest BCUT2D eigenvalue weighted by Gasteiger charge is 2.32. The first-order valence-electron chi connectivity index (χ1n) is 21.8. The van der Waals surface area contributed by atoms with Crippen molar-refractivity contribution in [3.8, 4) is 21.3 Å². The van der Waals surface area contributed by atoms with Gasteiger partial charge in [-0.25, -0.2) is 4.39 Å². The minimum atomic E-state index is -0.323. The minimum Gasteiger partial charge on any atom is -0.491 e. The standard InChI is InChI=1S/C48H69FO3S4/c1-12-17-20-21-22-25-34(50)43-38(49)37-45(55-43)44(56-46(37)48(9,10)11)35-26-32-39(51-28-30(15-4)23-18-13-2)42-33(27-36(54-42)47(6,7)8)40(41(32)53-35)52-29-31(16-5)24-19-14-3/h26-27,30-31H,12-25,28-29H2,1-11H3. The molecule has 1 aromatic carbocycles. The van der Waals surface area contributed by atoms with E-state index in [9.17, 15) is 4.79 Å². The average molecular weight is 841 g/mol. The first-order chi connectivity index (χ1) is 26.7. The second-order valence-corrected chi connectivity index (χ2v) is 22.3. The quantitative estimate of drug-likeness (QED) is 0.0514. The Balaban J connectivity index is 1.72. The van der Waals surface area contributed by atoms with Gasteiger partial charge in [0.2, 0.25) is 0 Å². The molecule has 56 heavy (non-hydrogen) atoms. The van der Waals surface area contributed by atoms with E-state index >= 15 is 4.39 Å². The smallest absolute Gasteiger partial charge is 0.175 e. The van der Waals surface area contributed by atoms with Crippen molar-refractivity contribution in [1.82, 2.24) is 0 Å². The zero-order valence-electron chi connectivity index (χ0n) is 36.4. The van der Waals surface area contributed by atoms with Crippen LogP contribution in [0.5, 0.6) is 11.5 Å². The van der Waals surface area contributed by atoms with Crippen LogP contribution >= 0.6 is 45.3 Å². The van der Waals surface area contributed by atoms with E-state index in [4.69, 9.17) is 9.47 Å². The number of Topliss-reactive ketones (excluding diaryl/α,β-unsaturated/α-hetero) is 1. The maximum atomic E-state index is 16.6. The Morgan fingerprint density at radius 1 is 0.661 bits per heavy atom. The number of benzene rings is 1. The van der Waals surface area contributed by atoms with Gasteiger partial charge in [0.05, 0.1) is 32.2 Å². The molecule has 5 rings (SSSR count). The largest absolute Gasteiger partial charge is 0.491 e. The molecule has 0 bridgehead atoms. The lowest BCUT2D eigenvalue weighted by Gasteiger charge is -2.19. The summed E-state index contributed by atoms with van der Waals surface area (Å²) in [5, 5.41) is 2.87. The molecule has 2 atom stereocenters. The van der Waals surface area contributed by atoms with E-state index in [1.807, 2.05) is 11.3 Å². The number of fused-ring (bicyclic) bond motifs is 3. The monoisotopic (exact) mass is 840 g/mol. The zero-order chi connectivity index (χ0) is 40.8. The maximum Gasteiger partial charge on any atom is 0.175 e. The maximum absolute atomic E-state index is 16.6. The predicted octanol–water partition coefficient (Wildman–Crippen LogP) is 17.5. The third-order valence-corrected chi connectivity index (χ3v) is 17.1. The van der Waals surface area contributed by atoms with Crippen molar-refractivity contribution in [2.75, 3.05) is 13.2 Å². The number of rotatable bonds is 22. The van der Waals surface area contributed by atoms with Gasteiger partial charge in [0, 0.05) is 37.2 Å². The van der Waals surface area contributed by atoms with Crippen LogP contribution in [0.15, 0.2) is 12.1 Å². The number of hydrogen-bond donors (Lipinski definition) is 0.